The van der Waals surface area contributed by atoms with Crippen LogP contribution in [0, 0.1) is 6.07 Å². The number of nitrogen functional groups attached to an aromatic ring is 1. The van der Waals surface area contributed by atoms with E-state index in [-0.39, 0.29) is 11.9 Å². The van der Waals surface area contributed by atoms with Gasteiger partial charge in [-0.2, -0.15) is 10.2 Å². The minimum atomic E-state index is -0.199. The van der Waals surface area contributed by atoms with Gasteiger partial charge in [0.25, 0.3) is 5.91 Å². The zero-order valence-corrected chi connectivity index (χ0v) is 18.9. The molecule has 9 heteroatoms. The van der Waals surface area contributed by atoms with Gasteiger partial charge in [0.1, 0.15) is 23.5 Å². The summed E-state index contributed by atoms with van der Waals surface area (Å²) in [7, 11) is 0. The number of nitrogens with one attached hydrogen (secondary N) is 1. The normalized spacial score (nSPS) is 14.4. The van der Waals surface area contributed by atoms with E-state index in [0.29, 0.717) is 17.1 Å². The van der Waals surface area contributed by atoms with Gasteiger partial charge in [0.15, 0.2) is 5.65 Å². The smallest absolute Gasteiger partial charge is 0.278 e. The number of carbonyl (C=O) groups excluding carboxylic acids is 1. The standard InChI is InChI=1S/C26H23N8O/c27-24-22-23(32-34(25(22)30-16-29-24)20-10-13-28-14-11-20)18-8-6-17(7-9-18)21-12-15-33(31-21)26(35)19-4-2-1-3-5-19/h1-9,15-16,20,28H,10-11,13-14H2,(H2,27,29,30). The molecule has 6 rings (SSSR count). The fourth-order valence-electron chi connectivity index (χ4n) is 4.54. The molecule has 1 aliphatic rings. The molecule has 1 radical (unpaired) electrons. The van der Waals surface area contributed by atoms with E-state index in [4.69, 9.17) is 10.8 Å². The van der Waals surface area contributed by atoms with E-state index in [1.807, 2.05) is 47.1 Å². The molecule has 0 spiro atoms. The van der Waals surface area contributed by atoms with Crippen molar-refractivity contribution >= 4 is 22.8 Å². The van der Waals surface area contributed by atoms with Crippen molar-refractivity contribution in [2.75, 3.05) is 18.8 Å². The molecule has 0 aliphatic carbocycles. The Morgan fingerprint density at radius 1 is 0.971 bits per heavy atom. The van der Waals surface area contributed by atoms with Gasteiger partial charge in [-0.3, -0.25) is 4.79 Å². The number of aromatic nitrogens is 6. The number of piperidine rings is 1. The first kappa shape index (κ1) is 21.2. The number of anilines is 1. The van der Waals surface area contributed by atoms with E-state index in [2.05, 4.69) is 26.4 Å². The van der Waals surface area contributed by atoms with E-state index < -0.39 is 0 Å². The van der Waals surface area contributed by atoms with Gasteiger partial charge in [-0.25, -0.2) is 19.3 Å². The first-order chi connectivity index (χ1) is 17.2. The lowest BCUT2D eigenvalue weighted by Crippen LogP contribution is -2.30. The van der Waals surface area contributed by atoms with Crippen molar-refractivity contribution in [3.63, 3.8) is 0 Å². The van der Waals surface area contributed by atoms with Crippen molar-refractivity contribution in [3.05, 3.63) is 78.8 Å². The van der Waals surface area contributed by atoms with Crippen LogP contribution in [-0.4, -0.2) is 48.5 Å². The highest BCUT2D eigenvalue weighted by Gasteiger charge is 2.23. The van der Waals surface area contributed by atoms with Gasteiger partial charge in [-0.1, -0.05) is 42.5 Å². The highest BCUT2D eigenvalue weighted by Crippen LogP contribution is 2.34. The van der Waals surface area contributed by atoms with Crippen LogP contribution in [0.25, 0.3) is 33.5 Å². The van der Waals surface area contributed by atoms with Crippen molar-refractivity contribution in [3.8, 4) is 22.5 Å². The molecular formula is C26H23N8O. The molecule has 9 nitrogen and oxygen atoms in total. The Hall–Kier alpha value is -4.37. The number of hydrogen-bond donors (Lipinski definition) is 2. The molecule has 2 aromatic carbocycles. The van der Waals surface area contributed by atoms with Crippen LogP contribution in [0.4, 0.5) is 5.82 Å². The quantitative estimate of drug-likeness (QED) is 0.420. The SMILES string of the molecule is Nc1ncnc2c1c(-c1ccc(-c3[c]cn(C(=O)c4ccccc4)n3)cc1)nn2C1CCNCC1. The summed E-state index contributed by atoms with van der Waals surface area (Å²) in [6, 6.07) is 20.2. The maximum absolute atomic E-state index is 12.7. The second kappa shape index (κ2) is 8.77. The van der Waals surface area contributed by atoms with Gasteiger partial charge in [0.2, 0.25) is 0 Å². The highest BCUT2D eigenvalue weighted by atomic mass is 16.2. The van der Waals surface area contributed by atoms with Gasteiger partial charge < -0.3 is 11.1 Å². The third kappa shape index (κ3) is 3.85. The number of carbonyl (C=O) groups is 1. The molecule has 0 atom stereocenters. The Labute approximate surface area is 201 Å². The summed E-state index contributed by atoms with van der Waals surface area (Å²) in [5, 5.41) is 13.5. The Bertz CT molecular complexity index is 1500. The summed E-state index contributed by atoms with van der Waals surface area (Å²) in [5.74, 6) is 0.218. The van der Waals surface area contributed by atoms with E-state index in [9.17, 15) is 4.79 Å². The first-order valence-corrected chi connectivity index (χ1v) is 11.6. The molecular weight excluding hydrogens is 440 g/mol. The third-order valence-electron chi connectivity index (χ3n) is 6.36. The third-order valence-corrected chi connectivity index (χ3v) is 6.36. The predicted molar refractivity (Wildman–Crippen MR) is 133 cm³/mol. The molecule has 173 valence electrons. The maximum atomic E-state index is 12.7. The fraction of sp³-hybridized carbons (Fsp3) is 0.192. The van der Waals surface area contributed by atoms with Crippen molar-refractivity contribution in [1.29, 1.82) is 0 Å². The Morgan fingerprint density at radius 3 is 2.49 bits per heavy atom. The van der Waals surface area contributed by atoms with Crippen LogP contribution in [0.2, 0.25) is 0 Å². The average molecular weight is 464 g/mol. The van der Waals surface area contributed by atoms with E-state index >= 15 is 0 Å². The van der Waals surface area contributed by atoms with Crippen LogP contribution in [0.3, 0.4) is 0 Å². The molecule has 1 aliphatic heterocycles. The van der Waals surface area contributed by atoms with Crippen LogP contribution < -0.4 is 11.1 Å². The highest BCUT2D eigenvalue weighted by molar-refractivity contribution is 5.98. The lowest BCUT2D eigenvalue weighted by atomic mass is 10.1. The summed E-state index contributed by atoms with van der Waals surface area (Å²) >= 11 is 0. The van der Waals surface area contributed by atoms with Crippen molar-refractivity contribution < 1.29 is 4.79 Å². The first-order valence-electron chi connectivity index (χ1n) is 11.6. The average Bonchev–Trinajstić information content (AvgIpc) is 3.56. The fourth-order valence-corrected chi connectivity index (χ4v) is 4.54. The molecule has 0 bridgehead atoms. The van der Waals surface area contributed by atoms with Crippen LogP contribution in [0.1, 0.15) is 29.2 Å². The molecule has 0 amide bonds. The van der Waals surface area contributed by atoms with Gasteiger partial charge in [-0.15, -0.1) is 0 Å². The zero-order valence-electron chi connectivity index (χ0n) is 18.9. The molecule has 4 heterocycles. The number of hydrogen-bond acceptors (Lipinski definition) is 7. The van der Waals surface area contributed by atoms with Gasteiger partial charge in [-0.05, 0) is 38.1 Å². The van der Waals surface area contributed by atoms with E-state index in [1.165, 1.54) is 11.0 Å². The second-order valence-electron chi connectivity index (χ2n) is 8.55. The molecule has 3 aromatic heterocycles. The number of fused-ring (bicyclic) bond motifs is 1. The number of nitrogens with two attached hydrogens (primary N) is 1. The van der Waals surface area contributed by atoms with E-state index in [0.717, 1.165) is 53.8 Å². The van der Waals surface area contributed by atoms with Crippen LogP contribution in [0.15, 0.2) is 67.1 Å². The summed E-state index contributed by atoms with van der Waals surface area (Å²) in [6.07, 6.45) is 5.02. The van der Waals surface area contributed by atoms with Crippen LogP contribution in [-0.2, 0) is 0 Å². The minimum absolute atomic E-state index is 0.199. The topological polar surface area (TPSA) is 117 Å². The van der Waals surface area contributed by atoms with Crippen molar-refractivity contribution in [2.24, 2.45) is 0 Å². The van der Waals surface area contributed by atoms with Crippen molar-refractivity contribution in [2.45, 2.75) is 18.9 Å². The monoisotopic (exact) mass is 463 g/mol. The Balaban J connectivity index is 1.33. The number of nitrogens with zero attached hydrogens (tertiary/aromatic N) is 6. The molecule has 3 N–H and O–H groups in total. The van der Waals surface area contributed by atoms with Crippen LogP contribution >= 0.6 is 0 Å². The summed E-state index contributed by atoms with van der Waals surface area (Å²) in [4.78, 5) is 21.4. The molecule has 1 fully saturated rings. The Kier molecular flexibility index (Phi) is 5.31. The van der Waals surface area contributed by atoms with Gasteiger partial charge in [0.05, 0.1) is 11.4 Å². The molecule has 0 saturated carbocycles. The maximum Gasteiger partial charge on any atom is 0.278 e. The number of benzene rings is 2. The Morgan fingerprint density at radius 2 is 1.71 bits per heavy atom. The van der Waals surface area contributed by atoms with Gasteiger partial charge in [0, 0.05) is 29.0 Å². The molecule has 5 aromatic rings. The predicted octanol–water partition coefficient (Wildman–Crippen LogP) is 3.35. The van der Waals surface area contributed by atoms with E-state index in [1.54, 1.807) is 18.3 Å². The summed E-state index contributed by atoms with van der Waals surface area (Å²) in [5.41, 5.74) is 10.7. The minimum Gasteiger partial charge on any atom is -0.383 e. The number of rotatable bonds is 4. The molecule has 1 saturated heterocycles. The van der Waals surface area contributed by atoms with Gasteiger partial charge >= 0.3 is 0 Å². The molecule has 35 heavy (non-hydrogen) atoms. The van der Waals surface area contributed by atoms with Crippen LogP contribution in [0.5, 0.6) is 0 Å². The molecule has 0 unspecified atom stereocenters. The largest absolute Gasteiger partial charge is 0.383 e. The van der Waals surface area contributed by atoms with Crippen molar-refractivity contribution in [1.82, 2.24) is 34.8 Å². The summed E-state index contributed by atoms with van der Waals surface area (Å²) < 4.78 is 3.31. The lowest BCUT2D eigenvalue weighted by Gasteiger charge is -2.23. The lowest BCUT2D eigenvalue weighted by molar-refractivity contribution is 0.0945. The second-order valence-corrected chi connectivity index (χ2v) is 8.55. The zero-order chi connectivity index (χ0) is 23.8. The summed E-state index contributed by atoms with van der Waals surface area (Å²) in [6.45, 7) is 1.90.